The van der Waals surface area contributed by atoms with Crippen molar-refractivity contribution < 1.29 is 19.4 Å². The van der Waals surface area contributed by atoms with Gasteiger partial charge in [0.2, 0.25) is 0 Å². The number of anilines is 1. The van der Waals surface area contributed by atoms with Crippen molar-refractivity contribution in [2.24, 2.45) is 5.92 Å². The fraction of sp³-hybridized carbons (Fsp3) is 0.455. The first-order valence-electron chi connectivity index (χ1n) is 14.6. The lowest BCUT2D eigenvalue weighted by molar-refractivity contribution is -0.140. The lowest BCUT2D eigenvalue weighted by Gasteiger charge is -2.38. The van der Waals surface area contributed by atoms with Crippen molar-refractivity contribution in [2.45, 2.75) is 58.7 Å². The van der Waals surface area contributed by atoms with Gasteiger partial charge in [-0.25, -0.2) is 4.98 Å². The van der Waals surface area contributed by atoms with E-state index in [9.17, 15) is 9.90 Å². The van der Waals surface area contributed by atoms with E-state index in [0.29, 0.717) is 32.2 Å². The van der Waals surface area contributed by atoms with Crippen LogP contribution in [0.4, 0.5) is 5.82 Å². The molecule has 0 aliphatic carbocycles. The zero-order chi connectivity index (χ0) is 27.6. The molecule has 3 aliphatic rings. The minimum Gasteiger partial charge on any atom is -0.488 e. The van der Waals surface area contributed by atoms with Crippen molar-refractivity contribution in [1.29, 1.82) is 0 Å². The first-order valence-corrected chi connectivity index (χ1v) is 14.6. The van der Waals surface area contributed by atoms with E-state index in [1.54, 1.807) is 0 Å². The van der Waals surface area contributed by atoms with E-state index in [1.807, 2.05) is 24.3 Å². The average Bonchev–Trinajstić information content (AvgIpc) is 3.49. The third-order valence-electron chi connectivity index (χ3n) is 8.93. The molecule has 0 amide bonds. The summed E-state index contributed by atoms with van der Waals surface area (Å²) in [5, 5.41) is 9.41. The molecule has 2 fully saturated rings. The quantitative estimate of drug-likeness (QED) is 0.430. The van der Waals surface area contributed by atoms with Crippen LogP contribution < -0.4 is 9.64 Å². The Morgan fingerprint density at radius 1 is 1.07 bits per heavy atom. The lowest BCUT2D eigenvalue weighted by atomic mass is 9.90. The number of aryl methyl sites for hydroxylation is 1. The number of rotatable bonds is 7. The van der Waals surface area contributed by atoms with Crippen molar-refractivity contribution >= 4 is 11.8 Å². The number of ether oxygens (including phenoxy) is 2. The highest BCUT2D eigenvalue weighted by Crippen LogP contribution is 2.34. The molecule has 1 N–H and O–H groups in total. The number of fused-ring (bicyclic) bond motifs is 1. The van der Waals surface area contributed by atoms with Gasteiger partial charge in [-0.05, 0) is 86.1 Å². The summed E-state index contributed by atoms with van der Waals surface area (Å²) in [5.74, 6) is 0.548. The second-order valence-electron chi connectivity index (χ2n) is 11.5. The Bertz CT molecular complexity index is 1380. The number of hydrogen-bond acceptors (Lipinski definition) is 6. The van der Waals surface area contributed by atoms with Crippen molar-refractivity contribution in [2.75, 3.05) is 37.7 Å². The van der Waals surface area contributed by atoms with Gasteiger partial charge in [-0.3, -0.25) is 9.69 Å². The van der Waals surface area contributed by atoms with Gasteiger partial charge in [0.1, 0.15) is 18.2 Å². The predicted molar refractivity (Wildman–Crippen MR) is 156 cm³/mol. The van der Waals surface area contributed by atoms with Gasteiger partial charge in [0.15, 0.2) is 0 Å². The highest BCUT2D eigenvalue weighted by atomic mass is 16.5. The zero-order valence-electron chi connectivity index (χ0n) is 23.6. The van der Waals surface area contributed by atoms with E-state index in [1.165, 1.54) is 22.3 Å². The Morgan fingerprint density at radius 2 is 1.93 bits per heavy atom. The normalized spacial score (nSPS) is 19.9. The van der Waals surface area contributed by atoms with E-state index >= 15 is 0 Å². The summed E-state index contributed by atoms with van der Waals surface area (Å²) >= 11 is 0. The number of nitrogens with zero attached hydrogens (tertiary/aromatic N) is 3. The van der Waals surface area contributed by atoms with Crippen molar-refractivity contribution in [3.05, 3.63) is 76.3 Å². The summed E-state index contributed by atoms with van der Waals surface area (Å²) in [6.07, 6.45) is 4.00. The van der Waals surface area contributed by atoms with E-state index in [4.69, 9.17) is 14.5 Å². The number of pyridine rings is 1. The molecule has 4 heterocycles. The number of aliphatic carboxylic acids is 1. The summed E-state index contributed by atoms with van der Waals surface area (Å²) in [4.78, 5) is 21.1. The molecule has 1 atom stereocenters. The molecule has 1 aromatic heterocycles. The van der Waals surface area contributed by atoms with E-state index in [-0.39, 0.29) is 5.92 Å². The maximum Gasteiger partial charge on any atom is 0.308 e. The second-order valence-corrected chi connectivity index (χ2v) is 11.5. The molecule has 3 aliphatic heterocycles. The van der Waals surface area contributed by atoms with Crippen LogP contribution in [-0.4, -0.2) is 59.8 Å². The summed E-state index contributed by atoms with van der Waals surface area (Å²) < 4.78 is 12.1. The van der Waals surface area contributed by atoms with Crippen LogP contribution in [0.25, 0.3) is 11.3 Å². The van der Waals surface area contributed by atoms with Gasteiger partial charge >= 0.3 is 5.97 Å². The first-order chi connectivity index (χ1) is 19.5. The highest BCUT2D eigenvalue weighted by molar-refractivity contribution is 5.73. The highest BCUT2D eigenvalue weighted by Gasteiger charge is 2.29. The number of hydrogen-bond donors (Lipinski definition) is 1. The van der Waals surface area contributed by atoms with Crippen molar-refractivity contribution in [1.82, 2.24) is 9.88 Å². The number of carboxylic acids is 1. The van der Waals surface area contributed by atoms with Gasteiger partial charge in [0.05, 0.1) is 11.6 Å². The zero-order valence-corrected chi connectivity index (χ0v) is 23.6. The largest absolute Gasteiger partial charge is 0.488 e. The molecule has 7 nitrogen and oxygen atoms in total. The maximum absolute atomic E-state index is 11.5. The number of carboxylic acid groups (broad SMARTS) is 1. The predicted octanol–water partition coefficient (Wildman–Crippen LogP) is 5.39. The molecule has 1 unspecified atom stereocenters. The third kappa shape index (κ3) is 5.58. The minimum atomic E-state index is -0.734. The molecule has 7 heteroatoms. The van der Waals surface area contributed by atoms with Gasteiger partial charge in [0, 0.05) is 51.0 Å². The van der Waals surface area contributed by atoms with Gasteiger partial charge in [-0.2, -0.15) is 0 Å². The average molecular weight is 542 g/mol. The number of aromatic nitrogens is 1. The van der Waals surface area contributed by atoms with Crippen LogP contribution in [0.3, 0.4) is 0 Å². The Kier molecular flexibility index (Phi) is 7.76. The van der Waals surface area contributed by atoms with E-state index < -0.39 is 5.97 Å². The Hall–Kier alpha value is -3.42. The molecular weight excluding hydrogens is 502 g/mol. The summed E-state index contributed by atoms with van der Waals surface area (Å²) in [5.41, 5.74) is 8.43. The molecular formula is C33H39N3O4. The van der Waals surface area contributed by atoms with Gasteiger partial charge in [0.25, 0.3) is 0 Å². The van der Waals surface area contributed by atoms with Crippen LogP contribution in [0.1, 0.15) is 47.1 Å². The van der Waals surface area contributed by atoms with Crippen LogP contribution in [0, 0.1) is 19.8 Å². The molecule has 210 valence electrons. The Labute approximate surface area is 236 Å². The second kappa shape index (κ2) is 11.6. The summed E-state index contributed by atoms with van der Waals surface area (Å²) in [6.45, 7) is 9.91. The molecule has 40 heavy (non-hydrogen) atoms. The van der Waals surface area contributed by atoms with Gasteiger partial charge < -0.3 is 19.5 Å². The van der Waals surface area contributed by atoms with Crippen LogP contribution in [0.5, 0.6) is 5.75 Å². The number of carbonyl (C=O) groups is 1. The molecule has 0 saturated carbocycles. The fourth-order valence-electron chi connectivity index (χ4n) is 6.47. The maximum atomic E-state index is 11.5. The van der Waals surface area contributed by atoms with Crippen LogP contribution >= 0.6 is 0 Å². The third-order valence-corrected chi connectivity index (χ3v) is 8.93. The Balaban J connectivity index is 1.18. The monoisotopic (exact) mass is 541 g/mol. The van der Waals surface area contributed by atoms with E-state index in [2.05, 4.69) is 47.9 Å². The number of benzene rings is 2. The lowest BCUT2D eigenvalue weighted by Crippen LogP contribution is -2.42. The SMILES string of the molecule is Cc1ccc(OCc2ccc3c(c2C)CCN(C2CCOCC2)C3)c(-c2cccc(N3CCC(C(=O)O)C3)n2)c1. The summed E-state index contributed by atoms with van der Waals surface area (Å²) in [7, 11) is 0. The fourth-order valence-corrected chi connectivity index (χ4v) is 6.47. The van der Waals surface area contributed by atoms with E-state index in [0.717, 1.165) is 74.0 Å². The summed E-state index contributed by atoms with van der Waals surface area (Å²) in [6, 6.07) is 17.4. The van der Waals surface area contributed by atoms with Crippen molar-refractivity contribution in [3.8, 4) is 17.0 Å². The molecule has 0 bridgehead atoms. The smallest absolute Gasteiger partial charge is 0.308 e. The van der Waals surface area contributed by atoms with Gasteiger partial charge in [-0.1, -0.05) is 29.8 Å². The van der Waals surface area contributed by atoms with Gasteiger partial charge in [-0.15, -0.1) is 0 Å². The van der Waals surface area contributed by atoms with Crippen LogP contribution in [0.15, 0.2) is 48.5 Å². The minimum absolute atomic E-state index is 0.340. The molecule has 0 spiro atoms. The topological polar surface area (TPSA) is 75.1 Å². The van der Waals surface area contributed by atoms with Crippen molar-refractivity contribution in [3.63, 3.8) is 0 Å². The molecule has 0 radical (unpaired) electrons. The molecule has 3 aromatic rings. The molecule has 2 aromatic carbocycles. The van der Waals surface area contributed by atoms with Crippen LogP contribution in [-0.2, 0) is 29.1 Å². The standard InChI is InChI=1S/C33H39N3O4/c1-22-6-9-31(29(18-22)30-4-3-5-32(34-30)36-14-10-25(20-36)33(37)38)40-21-26-8-7-24-19-35(15-11-28(24)23(26)2)27-12-16-39-17-13-27/h3-9,18,25,27H,10-17,19-21H2,1-2H3,(H,37,38). The first kappa shape index (κ1) is 26.8. The van der Waals surface area contributed by atoms with Crippen LogP contribution in [0.2, 0.25) is 0 Å². The molecule has 6 rings (SSSR count). The molecule has 2 saturated heterocycles. The Morgan fingerprint density at radius 3 is 2.73 bits per heavy atom.